The molecular formula is C13H14FN3O2S. The Labute approximate surface area is 119 Å². The molecule has 0 amide bonds. The van der Waals surface area contributed by atoms with Crippen molar-refractivity contribution in [3.63, 3.8) is 0 Å². The number of ketones is 1. The zero-order valence-electron chi connectivity index (χ0n) is 11.1. The number of thioether (sulfide) groups is 1. The minimum Gasteiger partial charge on any atom is -0.293 e. The summed E-state index contributed by atoms with van der Waals surface area (Å²) >= 11 is 1.20. The van der Waals surface area contributed by atoms with Gasteiger partial charge in [-0.25, -0.2) is 14.3 Å². The van der Waals surface area contributed by atoms with E-state index < -0.39 is 5.25 Å². The topological polar surface area (TPSA) is 67.8 Å². The van der Waals surface area contributed by atoms with E-state index >= 15 is 0 Å². The maximum absolute atomic E-state index is 12.8. The smallest absolute Gasteiger partial charge is 0.293 e. The zero-order chi connectivity index (χ0) is 14.7. The third kappa shape index (κ3) is 2.98. The van der Waals surface area contributed by atoms with Gasteiger partial charge in [0.1, 0.15) is 5.82 Å². The molecule has 0 aliphatic rings. The Hall–Kier alpha value is -1.89. The third-order valence-corrected chi connectivity index (χ3v) is 3.91. The summed E-state index contributed by atoms with van der Waals surface area (Å²) in [6.07, 6.45) is 0. The summed E-state index contributed by atoms with van der Waals surface area (Å²) in [6.45, 7) is 4.04. The van der Waals surface area contributed by atoms with Crippen LogP contribution in [-0.2, 0) is 6.54 Å². The number of Topliss-reactive ketones (excluding diaryl/α,β-unsaturated/α-hetero) is 1. The Morgan fingerprint density at radius 1 is 1.45 bits per heavy atom. The molecule has 0 aliphatic heterocycles. The van der Waals surface area contributed by atoms with E-state index in [1.54, 1.807) is 6.92 Å². The molecule has 106 valence electrons. The van der Waals surface area contributed by atoms with Gasteiger partial charge in [0.05, 0.1) is 5.25 Å². The van der Waals surface area contributed by atoms with Crippen molar-refractivity contribution in [1.29, 1.82) is 0 Å². The molecule has 2 aromatic rings. The summed E-state index contributed by atoms with van der Waals surface area (Å²) in [7, 11) is 0. The number of benzene rings is 1. The number of carbonyl (C=O) groups is 1. The van der Waals surface area contributed by atoms with Gasteiger partial charge < -0.3 is 0 Å². The lowest BCUT2D eigenvalue weighted by molar-refractivity contribution is 0.0994. The van der Waals surface area contributed by atoms with Crippen LogP contribution in [0.5, 0.6) is 0 Å². The molecule has 0 aliphatic carbocycles. The van der Waals surface area contributed by atoms with Crippen LogP contribution in [-0.4, -0.2) is 25.8 Å². The summed E-state index contributed by atoms with van der Waals surface area (Å²) in [6, 6.07) is 5.40. The number of halogens is 1. The minimum absolute atomic E-state index is 0.131. The number of hydrogen-bond acceptors (Lipinski definition) is 4. The summed E-state index contributed by atoms with van der Waals surface area (Å²) in [5, 5.41) is 6.31. The van der Waals surface area contributed by atoms with E-state index in [2.05, 4.69) is 10.2 Å². The van der Waals surface area contributed by atoms with E-state index in [0.717, 1.165) is 0 Å². The Morgan fingerprint density at radius 3 is 2.70 bits per heavy atom. The molecule has 0 spiro atoms. The number of nitrogens with one attached hydrogen (secondary N) is 1. The number of aromatic amines is 1. The highest BCUT2D eigenvalue weighted by molar-refractivity contribution is 8.00. The molecule has 2 rings (SSSR count). The highest BCUT2D eigenvalue weighted by Gasteiger charge is 2.19. The van der Waals surface area contributed by atoms with Crippen molar-refractivity contribution in [2.45, 2.75) is 30.8 Å². The summed E-state index contributed by atoms with van der Waals surface area (Å²) in [5.74, 6) is -0.512. The fraction of sp³-hybridized carbons (Fsp3) is 0.308. The molecular weight excluding hydrogens is 281 g/mol. The van der Waals surface area contributed by atoms with Gasteiger partial charge in [0, 0.05) is 12.1 Å². The molecule has 20 heavy (non-hydrogen) atoms. The molecule has 7 heteroatoms. The maximum Gasteiger partial charge on any atom is 0.343 e. The van der Waals surface area contributed by atoms with Gasteiger partial charge in [-0.1, -0.05) is 11.8 Å². The first kappa shape index (κ1) is 14.5. The Balaban J connectivity index is 2.15. The normalized spacial score (nSPS) is 12.3. The van der Waals surface area contributed by atoms with Crippen molar-refractivity contribution < 1.29 is 9.18 Å². The van der Waals surface area contributed by atoms with Crippen LogP contribution in [0.2, 0.25) is 0 Å². The largest absolute Gasteiger partial charge is 0.343 e. The first-order chi connectivity index (χ1) is 9.52. The average molecular weight is 295 g/mol. The molecule has 1 atom stereocenters. The number of H-pyrrole nitrogens is 1. The van der Waals surface area contributed by atoms with Gasteiger partial charge in [0.2, 0.25) is 0 Å². The quantitative estimate of drug-likeness (QED) is 0.677. The van der Waals surface area contributed by atoms with Crippen molar-refractivity contribution >= 4 is 17.5 Å². The number of rotatable bonds is 5. The predicted octanol–water partition coefficient (Wildman–Crippen LogP) is 2.09. The van der Waals surface area contributed by atoms with E-state index in [-0.39, 0.29) is 17.3 Å². The second-order valence-corrected chi connectivity index (χ2v) is 5.49. The lowest BCUT2D eigenvalue weighted by atomic mass is 10.1. The number of hydrogen-bond donors (Lipinski definition) is 1. The lowest BCUT2D eigenvalue weighted by Gasteiger charge is -2.09. The number of carbonyl (C=O) groups excluding carboxylic acids is 1. The van der Waals surface area contributed by atoms with Gasteiger partial charge in [-0.3, -0.25) is 9.36 Å². The predicted molar refractivity (Wildman–Crippen MR) is 74.6 cm³/mol. The second-order valence-electron chi connectivity index (χ2n) is 4.19. The molecule has 1 N–H and O–H groups in total. The lowest BCUT2D eigenvalue weighted by Crippen LogP contribution is -2.18. The SMILES string of the molecule is CCn1c(SC(C)C(=O)c2ccc(F)cc2)n[nH]c1=O. The molecule has 0 saturated carbocycles. The van der Waals surface area contributed by atoms with Crippen molar-refractivity contribution in [2.24, 2.45) is 0 Å². The molecule has 1 aromatic heterocycles. The van der Waals surface area contributed by atoms with Gasteiger partial charge in [0.15, 0.2) is 10.9 Å². The van der Waals surface area contributed by atoms with Crippen LogP contribution in [0.15, 0.2) is 34.2 Å². The van der Waals surface area contributed by atoms with Gasteiger partial charge in [0.25, 0.3) is 0 Å². The van der Waals surface area contributed by atoms with Gasteiger partial charge in [-0.05, 0) is 38.1 Å². The van der Waals surface area contributed by atoms with Crippen molar-refractivity contribution in [1.82, 2.24) is 14.8 Å². The number of nitrogens with zero attached hydrogens (tertiary/aromatic N) is 2. The van der Waals surface area contributed by atoms with Crippen molar-refractivity contribution in [2.75, 3.05) is 0 Å². The first-order valence-corrected chi connectivity index (χ1v) is 7.02. The Kier molecular flexibility index (Phi) is 4.39. The molecule has 1 unspecified atom stereocenters. The highest BCUT2D eigenvalue weighted by atomic mass is 32.2. The fourth-order valence-electron chi connectivity index (χ4n) is 1.73. The van der Waals surface area contributed by atoms with E-state index in [1.807, 2.05) is 6.92 Å². The second kappa shape index (κ2) is 6.04. The van der Waals surface area contributed by atoms with E-state index in [0.29, 0.717) is 17.3 Å². The molecule has 1 heterocycles. The molecule has 5 nitrogen and oxygen atoms in total. The van der Waals surface area contributed by atoms with Gasteiger partial charge in [-0.2, -0.15) is 0 Å². The van der Waals surface area contributed by atoms with Crippen LogP contribution in [0, 0.1) is 5.82 Å². The summed E-state index contributed by atoms with van der Waals surface area (Å²) in [4.78, 5) is 23.6. The molecule has 0 fully saturated rings. The fourth-order valence-corrected chi connectivity index (χ4v) is 2.73. The van der Waals surface area contributed by atoms with Crippen molar-refractivity contribution in [3.8, 4) is 0 Å². The summed E-state index contributed by atoms with van der Waals surface area (Å²) in [5.41, 5.74) is 0.142. The van der Waals surface area contributed by atoms with Gasteiger partial charge >= 0.3 is 5.69 Å². The van der Waals surface area contributed by atoms with Crippen LogP contribution in [0.1, 0.15) is 24.2 Å². The van der Waals surface area contributed by atoms with Gasteiger partial charge in [-0.15, -0.1) is 5.10 Å². The van der Waals surface area contributed by atoms with E-state index in [4.69, 9.17) is 0 Å². The standard InChI is InChI=1S/C13H14FN3O2S/c1-3-17-12(19)15-16-13(17)20-8(2)11(18)9-4-6-10(14)7-5-9/h4-8H,3H2,1-2H3,(H,15,19). The van der Waals surface area contributed by atoms with Crippen LogP contribution in [0.25, 0.3) is 0 Å². The van der Waals surface area contributed by atoms with Crippen LogP contribution in [0.4, 0.5) is 4.39 Å². The number of aromatic nitrogens is 3. The van der Waals surface area contributed by atoms with Crippen LogP contribution < -0.4 is 5.69 Å². The highest BCUT2D eigenvalue weighted by Crippen LogP contribution is 2.23. The monoisotopic (exact) mass is 295 g/mol. The summed E-state index contributed by atoms with van der Waals surface area (Å²) < 4.78 is 14.3. The van der Waals surface area contributed by atoms with Crippen molar-refractivity contribution in [3.05, 3.63) is 46.1 Å². The van der Waals surface area contributed by atoms with Crippen LogP contribution >= 0.6 is 11.8 Å². The Morgan fingerprint density at radius 2 is 2.10 bits per heavy atom. The molecule has 0 saturated heterocycles. The first-order valence-electron chi connectivity index (χ1n) is 6.14. The maximum atomic E-state index is 12.8. The Bertz CT molecular complexity index is 663. The zero-order valence-corrected chi connectivity index (χ0v) is 11.9. The average Bonchev–Trinajstić information content (AvgIpc) is 2.79. The molecule has 0 bridgehead atoms. The third-order valence-electron chi connectivity index (χ3n) is 2.82. The molecule has 0 radical (unpaired) electrons. The molecule has 1 aromatic carbocycles. The minimum atomic E-state index is -0.416. The van der Waals surface area contributed by atoms with E-state index in [9.17, 15) is 14.0 Å². The van der Waals surface area contributed by atoms with E-state index in [1.165, 1.54) is 40.6 Å². The van der Waals surface area contributed by atoms with Crippen LogP contribution in [0.3, 0.4) is 0 Å².